The molecule has 0 spiro atoms. The number of thiazole rings is 1. The van der Waals surface area contributed by atoms with Gasteiger partial charge in [0.25, 0.3) is 0 Å². The summed E-state index contributed by atoms with van der Waals surface area (Å²) in [6.07, 6.45) is 1.53. The predicted molar refractivity (Wildman–Crippen MR) is 96.8 cm³/mol. The number of nitrogens with zero attached hydrogens (tertiary/aromatic N) is 3. The van der Waals surface area contributed by atoms with Gasteiger partial charge >= 0.3 is 0 Å². The van der Waals surface area contributed by atoms with Crippen LogP contribution in [0.2, 0.25) is 0 Å². The Morgan fingerprint density at radius 1 is 1.20 bits per heavy atom. The molecule has 0 atom stereocenters. The minimum atomic E-state index is -0.296. The maximum absolute atomic E-state index is 13.2. The lowest BCUT2D eigenvalue weighted by Crippen LogP contribution is -2.11. The van der Waals surface area contributed by atoms with Crippen LogP contribution in [-0.4, -0.2) is 30.2 Å². The first kappa shape index (κ1) is 16.9. The molecule has 3 aromatic rings. The smallest absolute Gasteiger partial charge is 0.205 e. The third kappa shape index (κ3) is 3.61. The van der Waals surface area contributed by atoms with Gasteiger partial charge in [0.05, 0.1) is 19.0 Å². The van der Waals surface area contributed by atoms with E-state index in [1.54, 1.807) is 49.2 Å². The summed E-state index contributed by atoms with van der Waals surface area (Å²) >= 11 is 1.42. The predicted octanol–water partition coefficient (Wildman–Crippen LogP) is 3.48. The third-order valence-corrected chi connectivity index (χ3v) is 4.47. The third-order valence-electron chi connectivity index (χ3n) is 3.56. The molecule has 3 rings (SSSR count). The van der Waals surface area contributed by atoms with E-state index in [1.807, 2.05) is 5.38 Å². The lowest BCUT2D eigenvalue weighted by atomic mass is 10.2. The molecule has 0 unspecified atom stereocenters. The Morgan fingerprint density at radius 2 is 1.96 bits per heavy atom. The molecule has 25 heavy (non-hydrogen) atoms. The number of benzene rings is 2. The Hall–Kier alpha value is -2.93. The molecule has 0 aliphatic heterocycles. The van der Waals surface area contributed by atoms with Crippen molar-refractivity contribution in [2.75, 3.05) is 14.2 Å². The number of rotatable bonds is 4. The standard InChI is InChI=1S/C18H16FN3O2S/c1-20-18-22(16(11-25-18)12-3-5-14(19)6-4-12)21-10-13-9-15(24-2)7-8-17(13)23/h3-11,23H,1-2H3. The number of methoxy groups -OCH3 is 1. The molecule has 7 heteroatoms. The number of hydrogen-bond acceptors (Lipinski definition) is 5. The van der Waals surface area contributed by atoms with Gasteiger partial charge in [-0.05, 0) is 42.5 Å². The molecule has 0 saturated carbocycles. The molecule has 1 aromatic heterocycles. The molecule has 128 valence electrons. The van der Waals surface area contributed by atoms with E-state index < -0.39 is 0 Å². The van der Waals surface area contributed by atoms with Crippen LogP contribution in [0.5, 0.6) is 11.5 Å². The zero-order valence-electron chi connectivity index (χ0n) is 13.7. The fourth-order valence-electron chi connectivity index (χ4n) is 2.26. The molecule has 0 fully saturated rings. The zero-order valence-corrected chi connectivity index (χ0v) is 14.5. The molecule has 0 aliphatic rings. The van der Waals surface area contributed by atoms with Crippen LogP contribution in [0, 0.1) is 5.82 Å². The van der Waals surface area contributed by atoms with Crippen molar-refractivity contribution in [3.63, 3.8) is 0 Å². The Morgan fingerprint density at radius 3 is 2.64 bits per heavy atom. The SMILES string of the molecule is CN=c1scc(-c2ccc(F)cc2)n1N=Cc1cc(OC)ccc1O. The Labute approximate surface area is 148 Å². The molecule has 2 aromatic carbocycles. The molecule has 0 radical (unpaired) electrons. The number of halogens is 1. The van der Waals surface area contributed by atoms with E-state index >= 15 is 0 Å². The van der Waals surface area contributed by atoms with Gasteiger partial charge in [0.2, 0.25) is 4.80 Å². The van der Waals surface area contributed by atoms with Crippen molar-refractivity contribution in [3.05, 3.63) is 64.0 Å². The summed E-state index contributed by atoms with van der Waals surface area (Å²) in [5.41, 5.74) is 2.12. The van der Waals surface area contributed by atoms with E-state index in [-0.39, 0.29) is 11.6 Å². The van der Waals surface area contributed by atoms with Crippen molar-refractivity contribution in [2.24, 2.45) is 10.1 Å². The summed E-state index contributed by atoms with van der Waals surface area (Å²) in [5.74, 6) is 0.420. The second-order valence-corrected chi connectivity index (χ2v) is 5.95. The van der Waals surface area contributed by atoms with Crippen LogP contribution in [0.25, 0.3) is 11.3 Å². The molecule has 0 amide bonds. The summed E-state index contributed by atoms with van der Waals surface area (Å²) in [6.45, 7) is 0. The van der Waals surface area contributed by atoms with Crippen LogP contribution in [0.15, 0.2) is 57.9 Å². The van der Waals surface area contributed by atoms with Crippen molar-refractivity contribution >= 4 is 17.6 Å². The molecule has 0 saturated heterocycles. The van der Waals surface area contributed by atoms with E-state index in [1.165, 1.54) is 29.7 Å². The van der Waals surface area contributed by atoms with E-state index in [9.17, 15) is 9.50 Å². The molecule has 5 nitrogen and oxygen atoms in total. The first-order valence-corrected chi connectivity index (χ1v) is 8.31. The monoisotopic (exact) mass is 357 g/mol. The number of phenols is 1. The molecule has 1 N–H and O–H groups in total. The van der Waals surface area contributed by atoms with Gasteiger partial charge < -0.3 is 9.84 Å². The highest BCUT2D eigenvalue weighted by Crippen LogP contribution is 2.23. The maximum Gasteiger partial charge on any atom is 0.205 e. The highest BCUT2D eigenvalue weighted by atomic mass is 32.1. The van der Waals surface area contributed by atoms with Crippen LogP contribution in [0.4, 0.5) is 4.39 Å². The number of ether oxygens (including phenoxy) is 1. The van der Waals surface area contributed by atoms with Gasteiger partial charge in [-0.1, -0.05) is 0 Å². The number of aromatic hydroxyl groups is 1. The number of hydrogen-bond donors (Lipinski definition) is 1. The first-order chi connectivity index (χ1) is 12.1. The van der Waals surface area contributed by atoms with Crippen molar-refractivity contribution in [3.8, 4) is 22.8 Å². The fourth-order valence-corrected chi connectivity index (χ4v) is 3.07. The lowest BCUT2D eigenvalue weighted by Gasteiger charge is -2.05. The largest absolute Gasteiger partial charge is 0.507 e. The van der Waals surface area contributed by atoms with Gasteiger partial charge in [0.15, 0.2) is 0 Å². The van der Waals surface area contributed by atoms with Crippen molar-refractivity contribution in [1.82, 2.24) is 4.68 Å². The van der Waals surface area contributed by atoms with E-state index in [2.05, 4.69) is 10.1 Å². The van der Waals surface area contributed by atoms with Crippen molar-refractivity contribution < 1.29 is 14.2 Å². The van der Waals surface area contributed by atoms with Crippen LogP contribution >= 0.6 is 11.3 Å². The van der Waals surface area contributed by atoms with Gasteiger partial charge in [-0.3, -0.25) is 4.99 Å². The van der Waals surface area contributed by atoms with E-state index in [0.717, 1.165) is 11.3 Å². The van der Waals surface area contributed by atoms with Gasteiger partial charge in [-0.15, -0.1) is 11.3 Å². The molecule has 0 bridgehead atoms. The minimum absolute atomic E-state index is 0.0960. The lowest BCUT2D eigenvalue weighted by molar-refractivity contribution is 0.412. The molecule has 1 heterocycles. The Bertz CT molecular complexity index is 975. The minimum Gasteiger partial charge on any atom is -0.507 e. The van der Waals surface area contributed by atoms with Gasteiger partial charge in [0.1, 0.15) is 17.3 Å². The van der Waals surface area contributed by atoms with Gasteiger partial charge in [-0.25, -0.2) is 9.07 Å². The quantitative estimate of drug-likeness (QED) is 0.727. The number of phenolic OH excluding ortho intramolecular Hbond substituents is 1. The van der Waals surface area contributed by atoms with Crippen LogP contribution in [0.1, 0.15) is 5.56 Å². The summed E-state index contributed by atoms with van der Waals surface area (Å²) in [5, 5.41) is 16.3. The van der Waals surface area contributed by atoms with Crippen LogP contribution < -0.4 is 9.54 Å². The summed E-state index contributed by atoms with van der Waals surface area (Å²) < 4.78 is 20.0. The highest BCUT2D eigenvalue weighted by Gasteiger charge is 2.08. The van der Waals surface area contributed by atoms with Crippen LogP contribution in [-0.2, 0) is 0 Å². The Kier molecular flexibility index (Phi) is 4.95. The Balaban J connectivity index is 2.05. The van der Waals surface area contributed by atoms with E-state index in [0.29, 0.717) is 16.1 Å². The number of aromatic nitrogens is 1. The van der Waals surface area contributed by atoms with Gasteiger partial charge in [0, 0.05) is 23.6 Å². The summed E-state index contributed by atoms with van der Waals surface area (Å²) in [6, 6.07) is 11.1. The topological polar surface area (TPSA) is 59.1 Å². The second kappa shape index (κ2) is 7.31. The zero-order chi connectivity index (χ0) is 17.8. The molecule has 0 aliphatic carbocycles. The van der Waals surface area contributed by atoms with E-state index in [4.69, 9.17) is 4.74 Å². The fraction of sp³-hybridized carbons (Fsp3) is 0.111. The normalized spacial score (nSPS) is 12.0. The highest BCUT2D eigenvalue weighted by molar-refractivity contribution is 7.07. The average molecular weight is 357 g/mol. The van der Waals surface area contributed by atoms with Crippen molar-refractivity contribution in [2.45, 2.75) is 0 Å². The van der Waals surface area contributed by atoms with Gasteiger partial charge in [-0.2, -0.15) is 5.10 Å². The first-order valence-electron chi connectivity index (χ1n) is 7.43. The second-order valence-electron chi connectivity index (χ2n) is 5.12. The maximum atomic E-state index is 13.2. The average Bonchev–Trinajstić information content (AvgIpc) is 3.04. The van der Waals surface area contributed by atoms with Crippen LogP contribution in [0.3, 0.4) is 0 Å². The summed E-state index contributed by atoms with van der Waals surface area (Å²) in [4.78, 5) is 4.89. The van der Waals surface area contributed by atoms with Crippen molar-refractivity contribution in [1.29, 1.82) is 0 Å². The summed E-state index contributed by atoms with van der Waals surface area (Å²) in [7, 11) is 3.23. The molecular weight excluding hydrogens is 341 g/mol. The molecular formula is C18H16FN3O2S.